The molecule has 1 amide bonds. The second-order valence-corrected chi connectivity index (χ2v) is 10.2. The molecule has 0 radical (unpaired) electrons. The molecule has 0 aliphatic heterocycles. The fraction of sp³-hybridized carbons (Fsp3) is 0.333. The Labute approximate surface area is 224 Å². The number of nitrogens with one attached hydrogen (secondary N) is 2. The van der Waals surface area contributed by atoms with Crippen molar-refractivity contribution in [2.24, 2.45) is 5.92 Å². The van der Waals surface area contributed by atoms with E-state index in [4.69, 9.17) is 23.2 Å². The Bertz CT molecular complexity index is 1190. The first-order chi connectivity index (χ1) is 17.4. The maximum atomic E-state index is 14.8. The van der Waals surface area contributed by atoms with Gasteiger partial charge in [-0.15, -0.1) is 11.3 Å². The molecule has 0 bridgehead atoms. The van der Waals surface area contributed by atoms with E-state index in [1.807, 2.05) is 0 Å². The normalized spacial score (nSPS) is 18.6. The molecule has 1 aliphatic carbocycles. The maximum absolute atomic E-state index is 14.8. The lowest BCUT2D eigenvalue weighted by molar-refractivity contribution is -0.140. The number of hydrogen-bond acceptors (Lipinski definition) is 7. The van der Waals surface area contributed by atoms with Crippen LogP contribution in [0, 0.1) is 5.92 Å². The van der Waals surface area contributed by atoms with E-state index in [-0.39, 0.29) is 39.9 Å². The zero-order valence-electron chi connectivity index (χ0n) is 19.1. The summed E-state index contributed by atoms with van der Waals surface area (Å²) in [4.78, 5) is 24.1. The number of carboxylic acids is 1. The number of aliphatic hydroxyl groups is 2. The van der Waals surface area contributed by atoms with Gasteiger partial charge >= 0.3 is 5.97 Å². The number of amides is 1. The lowest BCUT2D eigenvalue weighted by Gasteiger charge is -2.30. The molecule has 0 saturated carbocycles. The number of allylic oxidation sites excluding steroid dienone is 2. The quantitative estimate of drug-likeness (QED) is 0.223. The molecule has 0 spiro atoms. The number of phenolic OH excluding ortho intramolecular Hbond substituents is 1. The summed E-state index contributed by atoms with van der Waals surface area (Å²) in [6.45, 7) is -0.364. The van der Waals surface area contributed by atoms with Crippen molar-refractivity contribution in [2.75, 3.05) is 6.54 Å². The number of thiophene rings is 1. The second kappa shape index (κ2) is 12.3. The molecule has 0 fully saturated rings. The summed E-state index contributed by atoms with van der Waals surface area (Å²) < 4.78 is 29.6. The van der Waals surface area contributed by atoms with Gasteiger partial charge in [0.2, 0.25) is 0 Å². The Kier molecular flexibility index (Phi) is 9.68. The number of hydrogen-bond donors (Lipinski definition) is 6. The molecule has 1 aromatic carbocycles. The molecule has 8 nitrogen and oxygen atoms in total. The van der Waals surface area contributed by atoms with E-state index in [1.165, 1.54) is 35.6 Å². The molecule has 4 atom stereocenters. The van der Waals surface area contributed by atoms with Gasteiger partial charge in [-0.3, -0.25) is 14.9 Å². The van der Waals surface area contributed by atoms with Gasteiger partial charge in [0, 0.05) is 28.6 Å². The number of carbonyl (C=O) groups is 2. The molecule has 1 aromatic heterocycles. The number of aromatic hydroxyl groups is 1. The third-order valence-corrected chi connectivity index (χ3v) is 7.19. The second-order valence-electron chi connectivity index (χ2n) is 8.41. The van der Waals surface area contributed by atoms with E-state index in [2.05, 4.69) is 10.6 Å². The van der Waals surface area contributed by atoms with Crippen molar-refractivity contribution in [3.8, 4) is 5.75 Å². The number of phenols is 1. The van der Waals surface area contributed by atoms with E-state index in [9.17, 15) is 38.8 Å². The van der Waals surface area contributed by atoms with Crippen LogP contribution in [0.15, 0.2) is 63.5 Å². The molecule has 3 rings (SSSR count). The summed E-state index contributed by atoms with van der Waals surface area (Å²) in [5.41, 5.74) is -0.240. The number of aliphatic carboxylic acids is 1. The highest BCUT2D eigenvalue weighted by molar-refractivity contribution is 7.12. The van der Waals surface area contributed by atoms with Gasteiger partial charge in [-0.05, 0) is 41.5 Å². The van der Waals surface area contributed by atoms with E-state index in [0.717, 1.165) is 6.07 Å². The smallest absolute Gasteiger partial charge is 0.322 e. The number of alkyl halides is 2. The van der Waals surface area contributed by atoms with Crippen molar-refractivity contribution in [3.63, 3.8) is 0 Å². The third-order valence-electron chi connectivity index (χ3n) is 5.64. The number of aliphatic hydroxyl groups excluding tert-OH is 2. The van der Waals surface area contributed by atoms with Crippen LogP contribution in [-0.2, 0) is 4.79 Å². The van der Waals surface area contributed by atoms with Crippen LogP contribution in [0.3, 0.4) is 0 Å². The summed E-state index contributed by atoms with van der Waals surface area (Å²) in [6.07, 6.45) is -3.59. The summed E-state index contributed by atoms with van der Waals surface area (Å²) in [7, 11) is 0. The van der Waals surface area contributed by atoms with E-state index in [1.54, 1.807) is 17.5 Å². The fourth-order valence-corrected chi connectivity index (χ4v) is 5.30. The Morgan fingerprint density at radius 3 is 2.51 bits per heavy atom. The molecule has 13 heteroatoms. The molecule has 1 heterocycles. The zero-order valence-corrected chi connectivity index (χ0v) is 21.4. The standard InChI is InChI=1S/C24H24Cl2F2N2O6S/c25-15-7-12(10-24(27,28)20(32)13-3-1-4-14(31)9-13)8-16(26)19(15)22(34)30-17(23(35)36)11-29-21(33)18-5-2-6-37-18/h1-7,9,12,17,20,22,30-32,34H,8,10-11H2,(H,29,33)(H,35,36)/t12?,17-,20?,22?/m0/s1. The third kappa shape index (κ3) is 7.50. The van der Waals surface area contributed by atoms with Gasteiger partial charge < -0.3 is 25.7 Å². The number of benzene rings is 1. The van der Waals surface area contributed by atoms with Gasteiger partial charge in [-0.2, -0.15) is 0 Å². The first kappa shape index (κ1) is 29.0. The average molecular weight is 577 g/mol. The lowest BCUT2D eigenvalue weighted by Crippen LogP contribution is -2.50. The lowest BCUT2D eigenvalue weighted by atomic mass is 9.87. The van der Waals surface area contributed by atoms with Crippen LogP contribution in [0.2, 0.25) is 0 Å². The molecule has 3 unspecified atom stereocenters. The molecule has 37 heavy (non-hydrogen) atoms. The van der Waals surface area contributed by atoms with Crippen LogP contribution in [-0.4, -0.2) is 57.0 Å². The molecule has 2 aromatic rings. The Morgan fingerprint density at radius 2 is 1.92 bits per heavy atom. The van der Waals surface area contributed by atoms with Crippen LogP contribution in [0.1, 0.15) is 34.2 Å². The number of carboxylic acid groups (broad SMARTS) is 1. The van der Waals surface area contributed by atoms with Crippen LogP contribution in [0.25, 0.3) is 0 Å². The minimum absolute atomic E-state index is 0.0631. The zero-order chi connectivity index (χ0) is 27.3. The van der Waals surface area contributed by atoms with Gasteiger partial charge in [-0.25, -0.2) is 8.78 Å². The van der Waals surface area contributed by atoms with Gasteiger partial charge in [-0.1, -0.05) is 47.5 Å². The van der Waals surface area contributed by atoms with Crippen molar-refractivity contribution in [3.05, 3.63) is 73.9 Å². The fourth-order valence-electron chi connectivity index (χ4n) is 3.82. The van der Waals surface area contributed by atoms with Gasteiger partial charge in [0.25, 0.3) is 11.8 Å². The topological polar surface area (TPSA) is 139 Å². The Morgan fingerprint density at radius 1 is 1.19 bits per heavy atom. The van der Waals surface area contributed by atoms with Crippen molar-refractivity contribution >= 4 is 46.4 Å². The molecule has 1 aliphatic rings. The molecule has 0 saturated heterocycles. The van der Waals surface area contributed by atoms with E-state index >= 15 is 0 Å². The van der Waals surface area contributed by atoms with E-state index < -0.39 is 48.5 Å². The summed E-state index contributed by atoms with van der Waals surface area (Å²) in [5, 5.41) is 46.1. The van der Waals surface area contributed by atoms with Crippen molar-refractivity contribution in [2.45, 2.75) is 37.1 Å². The van der Waals surface area contributed by atoms with Gasteiger partial charge in [0.1, 0.15) is 24.1 Å². The highest BCUT2D eigenvalue weighted by Gasteiger charge is 2.42. The molecule has 200 valence electrons. The SMILES string of the molecule is O=C(NC[C@H](NC(O)C1=C(Cl)CC(CC(F)(F)C(O)c2cccc(O)c2)C=C1Cl)C(=O)O)c1cccs1. The summed E-state index contributed by atoms with van der Waals surface area (Å²) in [6, 6.07) is 6.74. The van der Waals surface area contributed by atoms with Crippen LogP contribution >= 0.6 is 34.5 Å². The average Bonchev–Trinajstić information content (AvgIpc) is 3.35. The highest BCUT2D eigenvalue weighted by Crippen LogP contribution is 2.43. The van der Waals surface area contributed by atoms with Crippen LogP contribution in [0.4, 0.5) is 8.78 Å². The summed E-state index contributed by atoms with van der Waals surface area (Å²) in [5.74, 6) is -6.62. The maximum Gasteiger partial charge on any atom is 0.322 e. The molecular formula is C24H24Cl2F2N2O6S. The first-order valence-electron chi connectivity index (χ1n) is 11.0. The largest absolute Gasteiger partial charge is 0.508 e. The predicted molar refractivity (Wildman–Crippen MR) is 135 cm³/mol. The van der Waals surface area contributed by atoms with E-state index in [0.29, 0.717) is 4.88 Å². The van der Waals surface area contributed by atoms with Crippen molar-refractivity contribution in [1.82, 2.24) is 10.6 Å². The highest BCUT2D eigenvalue weighted by atomic mass is 35.5. The van der Waals surface area contributed by atoms with Crippen molar-refractivity contribution in [1.29, 1.82) is 0 Å². The number of rotatable bonds is 11. The number of halogens is 4. The molecule has 6 N–H and O–H groups in total. The van der Waals surface area contributed by atoms with Crippen molar-refractivity contribution < 1.29 is 38.8 Å². The minimum atomic E-state index is -3.60. The predicted octanol–water partition coefficient (Wildman–Crippen LogP) is 3.94. The minimum Gasteiger partial charge on any atom is -0.508 e. The monoisotopic (exact) mass is 576 g/mol. The summed E-state index contributed by atoms with van der Waals surface area (Å²) >= 11 is 13.7. The Hall–Kier alpha value is -2.54. The van der Waals surface area contributed by atoms with Gasteiger partial charge in [0.05, 0.1) is 4.88 Å². The van der Waals surface area contributed by atoms with Crippen LogP contribution < -0.4 is 10.6 Å². The number of carbonyl (C=O) groups excluding carboxylic acids is 1. The molecular weight excluding hydrogens is 553 g/mol. The van der Waals surface area contributed by atoms with Gasteiger partial charge in [0.15, 0.2) is 0 Å². The first-order valence-corrected chi connectivity index (χ1v) is 12.6. The van der Waals surface area contributed by atoms with Crippen LogP contribution in [0.5, 0.6) is 5.75 Å². The Balaban J connectivity index is 1.65.